The van der Waals surface area contributed by atoms with Crippen molar-refractivity contribution in [3.63, 3.8) is 0 Å². The lowest BCUT2D eigenvalue weighted by Gasteiger charge is -2.16. The lowest BCUT2D eigenvalue weighted by Crippen LogP contribution is -2.17. The maximum Gasteiger partial charge on any atom is 0.143 e. The van der Waals surface area contributed by atoms with Crippen LogP contribution in [-0.2, 0) is 6.42 Å². The van der Waals surface area contributed by atoms with Gasteiger partial charge in [0.25, 0.3) is 0 Å². The molecule has 0 aliphatic carbocycles. The van der Waals surface area contributed by atoms with Crippen LogP contribution >= 0.6 is 27.5 Å². The second-order valence-electron chi connectivity index (χ2n) is 4.27. The highest BCUT2D eigenvalue weighted by Crippen LogP contribution is 2.30. The molecule has 0 spiro atoms. The van der Waals surface area contributed by atoms with Gasteiger partial charge in [-0.3, -0.25) is 0 Å². The summed E-state index contributed by atoms with van der Waals surface area (Å²) in [6.07, 6.45) is -0.197. The van der Waals surface area contributed by atoms with Crippen LogP contribution in [0.4, 0.5) is 13.2 Å². The van der Waals surface area contributed by atoms with Crippen LogP contribution in [0, 0.1) is 17.5 Å². The Hall–Kier alpha value is -1.04. The van der Waals surface area contributed by atoms with E-state index in [1.807, 2.05) is 0 Å². The Morgan fingerprint density at radius 2 is 1.80 bits per heavy atom. The van der Waals surface area contributed by atoms with Crippen LogP contribution < -0.4 is 5.73 Å². The first-order chi connectivity index (χ1) is 9.41. The van der Waals surface area contributed by atoms with E-state index in [0.29, 0.717) is 0 Å². The third kappa shape index (κ3) is 3.00. The van der Waals surface area contributed by atoms with Crippen LogP contribution in [0.3, 0.4) is 0 Å². The quantitative estimate of drug-likeness (QED) is 0.781. The first-order valence-corrected chi connectivity index (χ1v) is 6.90. The Balaban J connectivity index is 2.38. The molecule has 20 heavy (non-hydrogen) atoms. The van der Waals surface area contributed by atoms with Crippen LogP contribution in [0.1, 0.15) is 17.2 Å². The zero-order chi connectivity index (χ0) is 14.9. The van der Waals surface area contributed by atoms with Crippen LogP contribution in [0.5, 0.6) is 0 Å². The van der Waals surface area contributed by atoms with Gasteiger partial charge in [-0.15, -0.1) is 0 Å². The van der Waals surface area contributed by atoms with Crippen molar-refractivity contribution in [3.05, 3.63) is 68.4 Å². The molecule has 1 unspecified atom stereocenters. The molecule has 1 nitrogen and oxygen atoms in total. The molecule has 2 N–H and O–H groups in total. The van der Waals surface area contributed by atoms with E-state index in [9.17, 15) is 13.2 Å². The topological polar surface area (TPSA) is 26.0 Å². The van der Waals surface area contributed by atoms with Crippen LogP contribution in [0.15, 0.2) is 34.8 Å². The standard InChI is InChI=1S/C14H10BrClF3N/c15-8-4-5-10(17)7(14(8)19)6-12(20)13-9(16)2-1-3-11(13)18/h1-5,12H,6,20H2. The molecule has 0 aliphatic rings. The van der Waals surface area contributed by atoms with E-state index in [1.54, 1.807) is 0 Å². The molecule has 2 aromatic carbocycles. The van der Waals surface area contributed by atoms with Gasteiger partial charge in [0.05, 0.1) is 4.47 Å². The predicted octanol–water partition coefficient (Wildman–Crippen LogP) is 4.76. The molecule has 2 rings (SSSR count). The van der Waals surface area contributed by atoms with Gasteiger partial charge in [0.2, 0.25) is 0 Å². The molecule has 0 radical (unpaired) electrons. The van der Waals surface area contributed by atoms with E-state index in [-0.39, 0.29) is 27.0 Å². The summed E-state index contributed by atoms with van der Waals surface area (Å²) in [7, 11) is 0. The molecule has 2 aromatic rings. The largest absolute Gasteiger partial charge is 0.324 e. The summed E-state index contributed by atoms with van der Waals surface area (Å²) in [6, 6.07) is 5.56. The number of halogens is 5. The molecule has 0 bridgehead atoms. The summed E-state index contributed by atoms with van der Waals surface area (Å²) in [5.74, 6) is -2.07. The molecule has 0 amide bonds. The average molecular weight is 365 g/mol. The zero-order valence-corrected chi connectivity index (χ0v) is 12.5. The van der Waals surface area contributed by atoms with Gasteiger partial charge in [-0.2, -0.15) is 0 Å². The van der Waals surface area contributed by atoms with Gasteiger partial charge in [0, 0.05) is 22.2 Å². The van der Waals surface area contributed by atoms with Crippen molar-refractivity contribution in [2.24, 2.45) is 5.73 Å². The van der Waals surface area contributed by atoms with Crippen molar-refractivity contribution in [2.45, 2.75) is 12.5 Å². The minimum absolute atomic E-state index is 0.0490. The van der Waals surface area contributed by atoms with Gasteiger partial charge in [-0.1, -0.05) is 17.7 Å². The first-order valence-electron chi connectivity index (χ1n) is 5.73. The van der Waals surface area contributed by atoms with Gasteiger partial charge in [-0.25, -0.2) is 13.2 Å². The van der Waals surface area contributed by atoms with Gasteiger partial charge >= 0.3 is 0 Å². The molecule has 6 heteroatoms. The van der Waals surface area contributed by atoms with Gasteiger partial charge in [0.1, 0.15) is 17.5 Å². The van der Waals surface area contributed by atoms with Gasteiger partial charge in [-0.05, 0) is 46.6 Å². The molecule has 0 aliphatic heterocycles. The Kier molecular flexibility index (Phi) is 4.73. The molecule has 0 saturated heterocycles. The van der Waals surface area contributed by atoms with Crippen molar-refractivity contribution in [3.8, 4) is 0 Å². The molecule has 0 fully saturated rings. The van der Waals surface area contributed by atoms with E-state index >= 15 is 0 Å². The third-order valence-corrected chi connectivity index (χ3v) is 3.88. The highest BCUT2D eigenvalue weighted by Gasteiger charge is 2.20. The molecule has 106 valence electrons. The fourth-order valence-corrected chi connectivity index (χ4v) is 2.62. The number of hydrogen-bond acceptors (Lipinski definition) is 1. The van der Waals surface area contributed by atoms with E-state index in [2.05, 4.69) is 15.9 Å². The molecule has 1 atom stereocenters. The Labute approximate surface area is 127 Å². The Morgan fingerprint density at radius 3 is 2.45 bits per heavy atom. The minimum atomic E-state index is -0.943. The summed E-state index contributed by atoms with van der Waals surface area (Å²) in [5, 5.41) is 0.133. The fraction of sp³-hybridized carbons (Fsp3) is 0.143. The smallest absolute Gasteiger partial charge is 0.143 e. The van der Waals surface area contributed by atoms with Crippen LogP contribution in [-0.4, -0.2) is 0 Å². The summed E-state index contributed by atoms with van der Waals surface area (Å²) in [4.78, 5) is 0. The fourth-order valence-electron chi connectivity index (χ4n) is 1.94. The average Bonchev–Trinajstić information content (AvgIpc) is 2.39. The minimum Gasteiger partial charge on any atom is -0.324 e. The van der Waals surface area contributed by atoms with Crippen molar-refractivity contribution in [2.75, 3.05) is 0 Å². The van der Waals surface area contributed by atoms with Crippen molar-refractivity contribution >= 4 is 27.5 Å². The predicted molar refractivity (Wildman–Crippen MR) is 76.1 cm³/mol. The highest BCUT2D eigenvalue weighted by molar-refractivity contribution is 9.10. The Bertz CT molecular complexity index is 628. The van der Waals surface area contributed by atoms with Gasteiger partial charge < -0.3 is 5.73 Å². The monoisotopic (exact) mass is 363 g/mol. The second kappa shape index (κ2) is 6.16. The second-order valence-corrected chi connectivity index (χ2v) is 5.53. The van der Waals surface area contributed by atoms with Crippen LogP contribution in [0.2, 0.25) is 5.02 Å². The number of rotatable bonds is 3. The lowest BCUT2D eigenvalue weighted by atomic mass is 9.98. The van der Waals surface area contributed by atoms with E-state index in [1.165, 1.54) is 24.3 Å². The summed E-state index contributed by atoms with van der Waals surface area (Å²) < 4.78 is 41.4. The maximum absolute atomic E-state index is 13.9. The van der Waals surface area contributed by atoms with E-state index in [0.717, 1.165) is 6.07 Å². The van der Waals surface area contributed by atoms with Crippen molar-refractivity contribution in [1.29, 1.82) is 0 Å². The van der Waals surface area contributed by atoms with Crippen molar-refractivity contribution in [1.82, 2.24) is 0 Å². The van der Waals surface area contributed by atoms with Gasteiger partial charge in [0.15, 0.2) is 0 Å². The Morgan fingerprint density at radius 1 is 1.10 bits per heavy atom. The van der Waals surface area contributed by atoms with E-state index < -0.39 is 23.5 Å². The molecule has 0 saturated carbocycles. The summed E-state index contributed by atoms with van der Waals surface area (Å²) in [6.45, 7) is 0. The number of hydrogen-bond donors (Lipinski definition) is 1. The normalized spacial score (nSPS) is 12.5. The SMILES string of the molecule is NC(Cc1c(F)ccc(Br)c1F)c1c(F)cccc1Cl. The summed E-state index contributed by atoms with van der Waals surface area (Å²) in [5.41, 5.74) is 5.69. The number of nitrogens with two attached hydrogens (primary N) is 1. The molecule has 0 aromatic heterocycles. The van der Waals surface area contributed by atoms with E-state index in [4.69, 9.17) is 17.3 Å². The zero-order valence-electron chi connectivity index (χ0n) is 10.1. The molecule has 0 heterocycles. The van der Waals surface area contributed by atoms with Crippen LogP contribution in [0.25, 0.3) is 0 Å². The lowest BCUT2D eigenvalue weighted by molar-refractivity contribution is 0.525. The highest BCUT2D eigenvalue weighted by atomic mass is 79.9. The van der Waals surface area contributed by atoms with Crippen molar-refractivity contribution < 1.29 is 13.2 Å². The molecular weight excluding hydrogens is 355 g/mol. The maximum atomic E-state index is 13.9. The number of benzene rings is 2. The first kappa shape index (κ1) is 15.4. The third-order valence-electron chi connectivity index (χ3n) is 2.93. The molecular formula is C14H10BrClF3N. The summed E-state index contributed by atoms with van der Waals surface area (Å²) >= 11 is 8.86.